The van der Waals surface area contributed by atoms with Crippen molar-refractivity contribution in [2.24, 2.45) is 0 Å². The highest BCUT2D eigenvalue weighted by molar-refractivity contribution is 6.31. The number of carbonyl (C=O) groups excluding carboxylic acids is 2. The molecule has 1 heterocycles. The number of fused-ring (bicyclic) bond motifs is 1. The third-order valence-electron chi connectivity index (χ3n) is 4.06. The van der Waals surface area contributed by atoms with E-state index in [1.165, 1.54) is 0 Å². The van der Waals surface area contributed by atoms with Crippen LogP contribution in [-0.4, -0.2) is 24.8 Å². The fourth-order valence-corrected chi connectivity index (χ4v) is 3.10. The van der Waals surface area contributed by atoms with Crippen LogP contribution in [0.15, 0.2) is 59.9 Å². The molecule has 0 amide bonds. The first-order chi connectivity index (χ1) is 11.1. The van der Waals surface area contributed by atoms with Crippen LogP contribution in [0.1, 0.15) is 20.7 Å². The van der Waals surface area contributed by atoms with Crippen molar-refractivity contribution in [2.75, 3.05) is 18.2 Å². The minimum absolute atomic E-state index is 0.151. The van der Waals surface area contributed by atoms with Crippen LogP contribution in [0.2, 0.25) is 5.02 Å². The first-order valence-corrected chi connectivity index (χ1v) is 7.58. The maximum Gasteiger partial charge on any atom is 0.228 e. The second-order valence-corrected chi connectivity index (χ2v) is 5.90. The average Bonchev–Trinajstić information content (AvgIpc) is 2.59. The number of Topliss-reactive ketones (excluding diaryl/α,β-unsaturated/α-hetero) is 2. The molecule has 0 unspecified atom stereocenters. The molecule has 0 saturated carbocycles. The second kappa shape index (κ2) is 5.25. The van der Waals surface area contributed by atoms with Gasteiger partial charge in [-0.05, 0) is 18.2 Å². The predicted molar refractivity (Wildman–Crippen MR) is 86.9 cm³/mol. The average molecular weight is 326 g/mol. The maximum atomic E-state index is 12.7. The molecule has 4 nitrogen and oxygen atoms in total. The Balaban J connectivity index is 1.73. The van der Waals surface area contributed by atoms with E-state index in [0.29, 0.717) is 28.3 Å². The SMILES string of the molecule is O=C1C2=C(OCN(c3cccc(Cl)c3)C2)C(=O)c2ccccc21. The Kier molecular flexibility index (Phi) is 3.20. The number of hydrogen-bond donors (Lipinski definition) is 0. The molecular formula is C18H12ClNO3. The lowest BCUT2D eigenvalue weighted by molar-refractivity contribution is 0.0847. The lowest BCUT2D eigenvalue weighted by atomic mass is 9.87. The van der Waals surface area contributed by atoms with Crippen molar-refractivity contribution >= 4 is 28.9 Å². The lowest BCUT2D eigenvalue weighted by Crippen LogP contribution is -2.39. The summed E-state index contributed by atoms with van der Waals surface area (Å²) in [5.74, 6) is -0.199. The van der Waals surface area contributed by atoms with Crippen LogP contribution >= 0.6 is 11.6 Å². The van der Waals surface area contributed by atoms with Crippen molar-refractivity contribution in [1.82, 2.24) is 0 Å². The van der Waals surface area contributed by atoms with E-state index >= 15 is 0 Å². The molecule has 5 heteroatoms. The van der Waals surface area contributed by atoms with Gasteiger partial charge >= 0.3 is 0 Å². The Morgan fingerprint density at radius 3 is 2.43 bits per heavy atom. The molecule has 0 spiro atoms. The molecule has 0 radical (unpaired) electrons. The minimum atomic E-state index is -0.221. The van der Waals surface area contributed by atoms with Gasteiger partial charge < -0.3 is 9.64 Å². The molecule has 4 rings (SSSR count). The number of anilines is 1. The van der Waals surface area contributed by atoms with Gasteiger partial charge in [0.2, 0.25) is 5.78 Å². The fourth-order valence-electron chi connectivity index (χ4n) is 2.92. The topological polar surface area (TPSA) is 46.6 Å². The molecule has 23 heavy (non-hydrogen) atoms. The number of rotatable bonds is 1. The van der Waals surface area contributed by atoms with Gasteiger partial charge in [-0.2, -0.15) is 0 Å². The van der Waals surface area contributed by atoms with Crippen LogP contribution in [0.4, 0.5) is 5.69 Å². The summed E-state index contributed by atoms with van der Waals surface area (Å²) in [5.41, 5.74) is 2.10. The third-order valence-corrected chi connectivity index (χ3v) is 4.29. The third kappa shape index (κ3) is 2.23. The molecule has 0 aromatic heterocycles. The highest BCUT2D eigenvalue weighted by Crippen LogP contribution is 2.32. The van der Waals surface area contributed by atoms with E-state index in [4.69, 9.17) is 16.3 Å². The molecule has 1 aliphatic carbocycles. The van der Waals surface area contributed by atoms with Crippen LogP contribution < -0.4 is 4.90 Å². The standard InChI is InChI=1S/C18H12ClNO3/c19-11-4-3-5-12(8-11)20-9-15-16(21)13-6-1-2-7-14(13)17(22)18(15)23-10-20/h1-8H,9-10H2. The van der Waals surface area contributed by atoms with Gasteiger partial charge in [0.05, 0.1) is 12.1 Å². The summed E-state index contributed by atoms with van der Waals surface area (Å²) in [6, 6.07) is 14.2. The van der Waals surface area contributed by atoms with Gasteiger partial charge in [0.25, 0.3) is 0 Å². The van der Waals surface area contributed by atoms with Crippen molar-refractivity contribution < 1.29 is 14.3 Å². The van der Waals surface area contributed by atoms with Gasteiger partial charge in [0.1, 0.15) is 0 Å². The van der Waals surface area contributed by atoms with Crippen LogP contribution in [0.25, 0.3) is 0 Å². The largest absolute Gasteiger partial charge is 0.468 e. The second-order valence-electron chi connectivity index (χ2n) is 5.46. The van der Waals surface area contributed by atoms with Gasteiger partial charge in [0.15, 0.2) is 18.3 Å². The molecule has 0 bridgehead atoms. The Labute approximate surface area is 137 Å². The number of halogens is 1. The summed E-state index contributed by atoms with van der Waals surface area (Å²) in [7, 11) is 0. The van der Waals surface area contributed by atoms with E-state index < -0.39 is 0 Å². The van der Waals surface area contributed by atoms with Crippen LogP contribution in [0.5, 0.6) is 0 Å². The van der Waals surface area contributed by atoms with Gasteiger partial charge in [-0.3, -0.25) is 9.59 Å². The summed E-state index contributed by atoms with van der Waals surface area (Å²) in [6.07, 6.45) is 0. The predicted octanol–water partition coefficient (Wildman–Crippen LogP) is 3.47. The smallest absolute Gasteiger partial charge is 0.228 e. The van der Waals surface area contributed by atoms with Crippen LogP contribution in [0, 0.1) is 0 Å². The molecule has 0 N–H and O–H groups in total. The zero-order valence-corrected chi connectivity index (χ0v) is 12.8. The van der Waals surface area contributed by atoms with E-state index in [1.807, 2.05) is 17.0 Å². The van der Waals surface area contributed by atoms with E-state index in [2.05, 4.69) is 0 Å². The van der Waals surface area contributed by atoms with E-state index in [1.54, 1.807) is 36.4 Å². The summed E-state index contributed by atoms with van der Waals surface area (Å²) < 4.78 is 5.62. The Morgan fingerprint density at radius 2 is 1.70 bits per heavy atom. The molecular weight excluding hydrogens is 314 g/mol. The van der Waals surface area contributed by atoms with E-state index in [9.17, 15) is 9.59 Å². The van der Waals surface area contributed by atoms with E-state index in [0.717, 1.165) is 5.69 Å². The molecule has 0 atom stereocenters. The minimum Gasteiger partial charge on any atom is -0.468 e. The number of benzene rings is 2. The zero-order valence-electron chi connectivity index (χ0n) is 12.1. The van der Waals surface area contributed by atoms with Crippen molar-refractivity contribution in [2.45, 2.75) is 0 Å². The van der Waals surface area contributed by atoms with Gasteiger partial charge in [-0.1, -0.05) is 41.9 Å². The normalized spacial score (nSPS) is 16.8. The Morgan fingerprint density at radius 1 is 0.957 bits per heavy atom. The number of hydrogen-bond acceptors (Lipinski definition) is 4. The highest BCUT2D eigenvalue weighted by atomic mass is 35.5. The molecule has 2 aromatic rings. The Hall–Kier alpha value is -2.59. The van der Waals surface area contributed by atoms with Crippen molar-refractivity contribution in [3.63, 3.8) is 0 Å². The quantitative estimate of drug-likeness (QED) is 0.805. The zero-order chi connectivity index (χ0) is 16.0. The summed E-state index contributed by atoms with van der Waals surface area (Å²) in [5, 5.41) is 0.610. The molecule has 0 saturated heterocycles. The van der Waals surface area contributed by atoms with Gasteiger partial charge in [-0.15, -0.1) is 0 Å². The van der Waals surface area contributed by atoms with E-state index in [-0.39, 0.29) is 24.1 Å². The number of carbonyl (C=O) groups is 2. The summed E-state index contributed by atoms with van der Waals surface area (Å²) in [6.45, 7) is 0.537. The first kappa shape index (κ1) is 14.0. The first-order valence-electron chi connectivity index (χ1n) is 7.20. The Bertz CT molecular complexity index is 872. The number of allylic oxidation sites excluding steroid dienone is 1. The van der Waals surface area contributed by atoms with Crippen LogP contribution in [0.3, 0.4) is 0 Å². The molecule has 114 valence electrons. The maximum absolute atomic E-state index is 12.7. The van der Waals surface area contributed by atoms with Crippen LogP contribution in [-0.2, 0) is 4.74 Å². The van der Waals surface area contributed by atoms with Crippen molar-refractivity contribution in [3.8, 4) is 0 Å². The summed E-state index contributed by atoms with van der Waals surface area (Å²) in [4.78, 5) is 27.1. The van der Waals surface area contributed by atoms with Crippen molar-refractivity contribution in [3.05, 3.63) is 76.0 Å². The molecule has 1 aliphatic heterocycles. The van der Waals surface area contributed by atoms with Gasteiger partial charge in [0, 0.05) is 21.8 Å². The molecule has 0 fully saturated rings. The van der Waals surface area contributed by atoms with Crippen molar-refractivity contribution in [1.29, 1.82) is 0 Å². The lowest BCUT2D eigenvalue weighted by Gasteiger charge is -2.33. The number of ether oxygens (including phenoxy) is 1. The monoisotopic (exact) mass is 325 g/mol. The molecule has 2 aromatic carbocycles. The van der Waals surface area contributed by atoms with Gasteiger partial charge in [-0.25, -0.2) is 0 Å². The molecule has 2 aliphatic rings. The number of nitrogens with zero attached hydrogens (tertiary/aromatic N) is 1. The fraction of sp³-hybridized carbons (Fsp3) is 0.111. The summed E-state index contributed by atoms with van der Waals surface area (Å²) >= 11 is 6.02. The number of ketones is 2. The highest BCUT2D eigenvalue weighted by Gasteiger charge is 2.36.